The van der Waals surface area contributed by atoms with E-state index in [1.165, 1.54) is 18.3 Å². The minimum Gasteiger partial charge on any atom is -0.411 e. The van der Waals surface area contributed by atoms with Gasteiger partial charge >= 0.3 is 6.18 Å². The van der Waals surface area contributed by atoms with Crippen molar-refractivity contribution in [3.05, 3.63) is 35.8 Å². The van der Waals surface area contributed by atoms with Gasteiger partial charge in [-0.25, -0.2) is 4.39 Å². The molecule has 0 aliphatic rings. The summed E-state index contributed by atoms with van der Waals surface area (Å²) in [7, 11) is 0. The summed E-state index contributed by atoms with van der Waals surface area (Å²) in [6, 6.07) is 3.76. The van der Waals surface area contributed by atoms with Crippen molar-refractivity contribution < 1.29 is 22.8 Å². The predicted molar refractivity (Wildman–Crippen MR) is 57.2 cm³/mol. The molecule has 18 heavy (non-hydrogen) atoms. The third-order valence-corrected chi connectivity index (χ3v) is 2.54. The summed E-state index contributed by atoms with van der Waals surface area (Å²) in [4.78, 5) is 2.73. The van der Waals surface area contributed by atoms with Crippen molar-refractivity contribution in [2.75, 3.05) is 0 Å². The maximum atomic E-state index is 13.0. The molecule has 0 fully saturated rings. The lowest BCUT2D eigenvalue weighted by molar-refractivity contribution is -0.0622. The number of alkyl halides is 3. The van der Waals surface area contributed by atoms with Crippen LogP contribution in [-0.4, -0.2) is 22.1 Å². The third kappa shape index (κ3) is 2.29. The number of nitrogens with zero attached hydrogens (tertiary/aromatic N) is 1. The molecule has 2 aromatic rings. The number of hydrogen-bond donors (Lipinski definition) is 2. The molecule has 0 saturated heterocycles. The molecule has 0 amide bonds. The summed E-state index contributed by atoms with van der Waals surface area (Å²) >= 11 is 0. The number of halogens is 4. The van der Waals surface area contributed by atoms with Crippen LogP contribution >= 0.6 is 0 Å². The number of fused-ring (bicyclic) bond motifs is 1. The average molecular weight is 260 g/mol. The van der Waals surface area contributed by atoms with Crippen LogP contribution in [0.2, 0.25) is 0 Å². The predicted octanol–water partition coefficient (Wildman–Crippen LogP) is 3.24. The van der Waals surface area contributed by atoms with Crippen LogP contribution in [0, 0.1) is 5.82 Å². The lowest BCUT2D eigenvalue weighted by Crippen LogP contribution is -2.25. The van der Waals surface area contributed by atoms with Crippen molar-refractivity contribution >= 4 is 16.6 Å². The average Bonchev–Trinajstić information content (AvgIpc) is 2.66. The van der Waals surface area contributed by atoms with Crippen molar-refractivity contribution in [2.24, 2.45) is 5.16 Å². The van der Waals surface area contributed by atoms with E-state index in [1.807, 2.05) is 0 Å². The molecule has 0 aliphatic heterocycles. The van der Waals surface area contributed by atoms with E-state index in [0.717, 1.165) is 6.07 Å². The highest BCUT2D eigenvalue weighted by molar-refractivity contribution is 5.95. The van der Waals surface area contributed by atoms with Gasteiger partial charge in [0.2, 0.25) is 0 Å². The van der Waals surface area contributed by atoms with E-state index < -0.39 is 24.1 Å². The van der Waals surface area contributed by atoms with Gasteiger partial charge in [-0.3, -0.25) is 0 Å². The van der Waals surface area contributed by atoms with E-state index in [4.69, 9.17) is 5.21 Å². The Morgan fingerprint density at radius 1 is 1.33 bits per heavy atom. The minimum atomic E-state index is -4.72. The molecule has 0 bridgehead atoms. The van der Waals surface area contributed by atoms with Crippen LogP contribution in [0.15, 0.2) is 29.6 Å². The van der Waals surface area contributed by atoms with Crippen molar-refractivity contribution in [1.29, 1.82) is 0 Å². The van der Waals surface area contributed by atoms with Crippen molar-refractivity contribution in [3.63, 3.8) is 0 Å². The quantitative estimate of drug-likeness (QED) is 0.370. The summed E-state index contributed by atoms with van der Waals surface area (Å²) in [5.41, 5.74) is -0.590. The molecule has 1 heterocycles. The van der Waals surface area contributed by atoms with Gasteiger partial charge in [-0.1, -0.05) is 5.16 Å². The zero-order valence-corrected chi connectivity index (χ0v) is 8.92. The van der Waals surface area contributed by atoms with Gasteiger partial charge in [-0.05, 0) is 23.8 Å². The summed E-state index contributed by atoms with van der Waals surface area (Å²) in [5.74, 6) is -0.544. The van der Waals surface area contributed by atoms with E-state index in [0.29, 0.717) is 10.9 Å². The highest BCUT2D eigenvalue weighted by atomic mass is 19.4. The van der Waals surface area contributed by atoms with E-state index in [2.05, 4.69) is 10.1 Å². The number of oxime groups is 1. The van der Waals surface area contributed by atoms with Crippen molar-refractivity contribution in [1.82, 2.24) is 4.98 Å². The van der Waals surface area contributed by atoms with Crippen LogP contribution in [0.4, 0.5) is 17.6 Å². The van der Waals surface area contributed by atoms with Gasteiger partial charge in [0.1, 0.15) is 5.82 Å². The van der Waals surface area contributed by atoms with Gasteiger partial charge in [0.15, 0.2) is 5.71 Å². The van der Waals surface area contributed by atoms with E-state index in [9.17, 15) is 17.6 Å². The molecule has 2 N–H and O–H groups in total. The van der Waals surface area contributed by atoms with Gasteiger partial charge < -0.3 is 10.2 Å². The third-order valence-electron chi connectivity index (χ3n) is 2.54. The highest BCUT2D eigenvalue weighted by Crippen LogP contribution is 2.24. The summed E-state index contributed by atoms with van der Waals surface area (Å²) in [5, 5.41) is 11.0. The summed E-state index contributed by atoms with van der Waals surface area (Å²) < 4.78 is 50.3. The van der Waals surface area contributed by atoms with Gasteiger partial charge in [0, 0.05) is 23.5 Å². The molecule has 0 radical (unpaired) electrons. The molecular formula is C11H8F4N2O. The topological polar surface area (TPSA) is 48.4 Å². The fraction of sp³-hybridized carbons (Fsp3) is 0.182. The number of rotatable bonds is 2. The standard InChI is InChI=1S/C11H8F4N2O/c12-7-1-2-9-8(4-7)6(5-16-9)3-10(17-18)11(13,14)15/h1-2,4-5,16,18H,3H2. The largest absolute Gasteiger partial charge is 0.433 e. The lowest BCUT2D eigenvalue weighted by Gasteiger charge is -2.07. The van der Waals surface area contributed by atoms with Gasteiger partial charge in [-0.15, -0.1) is 0 Å². The molecular weight excluding hydrogens is 252 g/mol. The molecule has 2 rings (SSSR count). The Hall–Kier alpha value is -2.05. The summed E-state index contributed by atoms with van der Waals surface area (Å²) in [6.07, 6.45) is -4.00. The number of aromatic nitrogens is 1. The fourth-order valence-corrected chi connectivity index (χ4v) is 1.67. The Labute approximate surface area is 98.7 Å². The van der Waals surface area contributed by atoms with E-state index >= 15 is 0 Å². The second-order valence-electron chi connectivity index (χ2n) is 3.73. The summed E-state index contributed by atoms with van der Waals surface area (Å²) in [6.45, 7) is 0. The molecule has 3 nitrogen and oxygen atoms in total. The number of aromatic amines is 1. The molecule has 7 heteroatoms. The molecule has 0 aliphatic carbocycles. The molecule has 0 unspecified atom stereocenters. The molecule has 1 aromatic carbocycles. The SMILES string of the molecule is ON=C(Cc1c[nH]c2ccc(F)cc12)C(F)(F)F. The fourth-order valence-electron chi connectivity index (χ4n) is 1.67. The number of nitrogens with one attached hydrogen (secondary N) is 1. The first-order chi connectivity index (χ1) is 8.41. The minimum absolute atomic E-state index is 0.217. The molecule has 96 valence electrons. The Morgan fingerprint density at radius 3 is 2.67 bits per heavy atom. The zero-order chi connectivity index (χ0) is 13.3. The second kappa shape index (κ2) is 4.32. The van der Waals surface area contributed by atoms with Crippen LogP contribution in [0.25, 0.3) is 10.9 Å². The first-order valence-electron chi connectivity index (χ1n) is 4.95. The smallest absolute Gasteiger partial charge is 0.411 e. The Morgan fingerprint density at radius 2 is 2.06 bits per heavy atom. The van der Waals surface area contributed by atoms with Crippen molar-refractivity contribution in [2.45, 2.75) is 12.6 Å². The van der Waals surface area contributed by atoms with Crippen LogP contribution in [0.5, 0.6) is 0 Å². The van der Waals surface area contributed by atoms with E-state index in [-0.39, 0.29) is 5.56 Å². The van der Waals surface area contributed by atoms with Crippen LogP contribution < -0.4 is 0 Å². The van der Waals surface area contributed by atoms with Crippen LogP contribution in [-0.2, 0) is 6.42 Å². The molecule has 0 saturated carbocycles. The Kier molecular flexibility index (Phi) is 2.98. The monoisotopic (exact) mass is 260 g/mol. The van der Waals surface area contributed by atoms with Gasteiger partial charge in [0.05, 0.1) is 0 Å². The maximum absolute atomic E-state index is 13.0. The highest BCUT2D eigenvalue weighted by Gasteiger charge is 2.36. The first-order valence-corrected chi connectivity index (χ1v) is 4.95. The Bertz CT molecular complexity index is 601. The van der Waals surface area contributed by atoms with Gasteiger partial charge in [0.25, 0.3) is 0 Å². The number of hydrogen-bond acceptors (Lipinski definition) is 2. The van der Waals surface area contributed by atoms with Gasteiger partial charge in [-0.2, -0.15) is 13.2 Å². The normalized spacial score (nSPS) is 13.2. The number of H-pyrrole nitrogens is 1. The second-order valence-corrected chi connectivity index (χ2v) is 3.73. The maximum Gasteiger partial charge on any atom is 0.433 e. The van der Waals surface area contributed by atoms with E-state index in [1.54, 1.807) is 0 Å². The lowest BCUT2D eigenvalue weighted by atomic mass is 10.1. The molecule has 1 aromatic heterocycles. The Balaban J connectivity index is 2.41. The van der Waals surface area contributed by atoms with Crippen LogP contribution in [0.3, 0.4) is 0 Å². The van der Waals surface area contributed by atoms with Crippen molar-refractivity contribution in [3.8, 4) is 0 Å². The first kappa shape index (κ1) is 12.4. The molecule has 0 spiro atoms. The zero-order valence-electron chi connectivity index (χ0n) is 8.92. The molecule has 0 atom stereocenters. The number of benzene rings is 1. The van der Waals surface area contributed by atoms with Crippen LogP contribution in [0.1, 0.15) is 5.56 Å².